The molecule has 4 nitrogen and oxygen atoms in total. The summed E-state index contributed by atoms with van der Waals surface area (Å²) in [4.78, 5) is 9.75. The lowest BCUT2D eigenvalue weighted by molar-refractivity contribution is 0.0748. The molecule has 22 heavy (non-hydrogen) atoms. The first-order valence-electron chi connectivity index (χ1n) is 7.56. The number of nitrogens with zero attached hydrogens (tertiary/aromatic N) is 3. The average molecular weight is 309 g/mol. The zero-order valence-corrected chi connectivity index (χ0v) is 12.7. The molecule has 0 bridgehead atoms. The van der Waals surface area contributed by atoms with Crippen molar-refractivity contribution in [2.75, 3.05) is 0 Å². The maximum Gasteiger partial charge on any atom is 0.0956 e. The number of hydrogen-bond acceptors (Lipinski definition) is 4. The summed E-state index contributed by atoms with van der Waals surface area (Å²) in [6.07, 6.45) is 5.28. The van der Waals surface area contributed by atoms with E-state index in [0.717, 1.165) is 29.1 Å². The van der Waals surface area contributed by atoms with Crippen LogP contribution in [0, 0.1) is 5.92 Å². The van der Waals surface area contributed by atoms with E-state index in [2.05, 4.69) is 38.8 Å². The van der Waals surface area contributed by atoms with Crippen molar-refractivity contribution in [3.05, 3.63) is 58.4 Å². The van der Waals surface area contributed by atoms with Gasteiger partial charge in [-0.15, -0.1) is 11.3 Å². The van der Waals surface area contributed by atoms with E-state index in [0.29, 0.717) is 0 Å². The van der Waals surface area contributed by atoms with E-state index in [4.69, 9.17) is 0 Å². The average Bonchev–Trinajstić information content (AvgIpc) is 3.23. The van der Waals surface area contributed by atoms with Crippen molar-refractivity contribution in [2.24, 2.45) is 5.92 Å². The third-order valence-electron chi connectivity index (χ3n) is 4.99. The van der Waals surface area contributed by atoms with Crippen LogP contribution in [0.2, 0.25) is 0 Å². The Morgan fingerprint density at radius 1 is 1.27 bits per heavy atom. The highest BCUT2D eigenvalue weighted by molar-refractivity contribution is 7.09. The molecule has 5 rings (SSSR count). The Bertz CT molecular complexity index is 853. The number of hydrogen-bond donors (Lipinski definition) is 1. The standard InChI is InChI=1S/C17H15N3OS/c21-16-12(5-6-13-17(16)22-9-19-13)15-11-4-2-1-3-10(11)14-7-18-8-20(14)15/h1-4,7-9,12,15-16,21H,5-6H2/t12-,15?,16+/m1/s1. The molecule has 110 valence electrons. The van der Waals surface area contributed by atoms with Gasteiger partial charge in [0.1, 0.15) is 0 Å². The van der Waals surface area contributed by atoms with E-state index >= 15 is 0 Å². The molecule has 0 spiro atoms. The summed E-state index contributed by atoms with van der Waals surface area (Å²) in [6, 6.07) is 8.65. The van der Waals surface area contributed by atoms with Gasteiger partial charge in [0.2, 0.25) is 0 Å². The number of aromatic nitrogens is 3. The number of aliphatic hydroxyl groups excluding tert-OH is 1. The van der Waals surface area contributed by atoms with Gasteiger partial charge in [0.15, 0.2) is 0 Å². The summed E-state index contributed by atoms with van der Waals surface area (Å²) >= 11 is 1.57. The topological polar surface area (TPSA) is 50.9 Å². The van der Waals surface area contributed by atoms with E-state index in [1.54, 1.807) is 11.3 Å². The monoisotopic (exact) mass is 309 g/mol. The first-order valence-corrected chi connectivity index (χ1v) is 8.44. The van der Waals surface area contributed by atoms with Crippen molar-refractivity contribution in [3.8, 4) is 11.3 Å². The third-order valence-corrected chi connectivity index (χ3v) is 5.93. The molecule has 5 heteroatoms. The number of imidazole rings is 1. The van der Waals surface area contributed by atoms with Crippen LogP contribution in [0.5, 0.6) is 0 Å². The fourth-order valence-corrected chi connectivity index (χ4v) is 4.90. The second kappa shape index (κ2) is 4.51. The van der Waals surface area contributed by atoms with Crippen molar-refractivity contribution in [2.45, 2.75) is 25.0 Å². The number of thiazole rings is 1. The summed E-state index contributed by atoms with van der Waals surface area (Å²) in [5.74, 6) is 0.171. The van der Waals surface area contributed by atoms with Crippen LogP contribution in [-0.2, 0) is 6.42 Å². The molecule has 1 aliphatic carbocycles. The maximum absolute atomic E-state index is 10.9. The Hall–Kier alpha value is -1.98. The van der Waals surface area contributed by atoms with Crippen LogP contribution >= 0.6 is 11.3 Å². The summed E-state index contributed by atoms with van der Waals surface area (Å²) in [5, 5.41) is 10.9. The van der Waals surface area contributed by atoms with Crippen LogP contribution in [0.15, 0.2) is 42.3 Å². The van der Waals surface area contributed by atoms with Crippen molar-refractivity contribution < 1.29 is 5.11 Å². The fraction of sp³-hybridized carbons (Fsp3) is 0.294. The van der Waals surface area contributed by atoms with Crippen molar-refractivity contribution in [3.63, 3.8) is 0 Å². The van der Waals surface area contributed by atoms with Gasteiger partial charge in [0, 0.05) is 11.5 Å². The molecule has 1 aliphatic heterocycles. The molecule has 2 aliphatic rings. The van der Waals surface area contributed by atoms with Crippen LogP contribution < -0.4 is 0 Å². The van der Waals surface area contributed by atoms with E-state index < -0.39 is 6.10 Å². The lowest BCUT2D eigenvalue weighted by Crippen LogP contribution is -2.27. The number of rotatable bonds is 1. The normalized spacial score (nSPS) is 25.6. The number of aliphatic hydroxyl groups is 1. The zero-order valence-electron chi connectivity index (χ0n) is 11.9. The smallest absolute Gasteiger partial charge is 0.0956 e. The molecule has 2 aromatic heterocycles. The highest BCUT2D eigenvalue weighted by Crippen LogP contribution is 2.50. The number of aryl methyl sites for hydroxylation is 1. The number of benzene rings is 1. The maximum atomic E-state index is 10.9. The lowest BCUT2D eigenvalue weighted by Gasteiger charge is -2.33. The molecule has 0 fully saturated rings. The molecule has 0 amide bonds. The summed E-state index contributed by atoms with van der Waals surface area (Å²) in [7, 11) is 0. The molecule has 3 aromatic rings. The van der Waals surface area contributed by atoms with Gasteiger partial charge in [-0.1, -0.05) is 24.3 Å². The molecular weight excluding hydrogens is 294 g/mol. The predicted octanol–water partition coefficient (Wildman–Crippen LogP) is 3.21. The van der Waals surface area contributed by atoms with Crippen LogP contribution in [0.1, 0.15) is 34.7 Å². The lowest BCUT2D eigenvalue weighted by atomic mass is 9.80. The zero-order chi connectivity index (χ0) is 14.7. The van der Waals surface area contributed by atoms with Crippen molar-refractivity contribution in [1.29, 1.82) is 0 Å². The van der Waals surface area contributed by atoms with Crippen LogP contribution in [0.25, 0.3) is 11.3 Å². The van der Waals surface area contributed by atoms with Gasteiger partial charge in [0.25, 0.3) is 0 Å². The van der Waals surface area contributed by atoms with Gasteiger partial charge < -0.3 is 9.67 Å². The molecule has 3 atom stereocenters. The first kappa shape index (κ1) is 12.6. The predicted molar refractivity (Wildman–Crippen MR) is 84.7 cm³/mol. The van der Waals surface area contributed by atoms with Crippen molar-refractivity contribution in [1.82, 2.24) is 14.5 Å². The molecule has 0 saturated carbocycles. The molecule has 0 saturated heterocycles. The Morgan fingerprint density at radius 2 is 2.18 bits per heavy atom. The minimum absolute atomic E-state index is 0.166. The highest BCUT2D eigenvalue weighted by atomic mass is 32.1. The van der Waals surface area contributed by atoms with Crippen LogP contribution in [0.3, 0.4) is 0 Å². The summed E-state index contributed by atoms with van der Waals surface area (Å²) in [6.45, 7) is 0. The molecule has 1 aromatic carbocycles. The van der Waals surface area contributed by atoms with Gasteiger partial charge in [-0.3, -0.25) is 0 Å². The summed E-state index contributed by atoms with van der Waals surface area (Å²) in [5.41, 5.74) is 6.62. The van der Waals surface area contributed by atoms with Crippen molar-refractivity contribution >= 4 is 11.3 Å². The Labute approximate surface area is 132 Å². The Morgan fingerprint density at radius 3 is 3.14 bits per heavy atom. The summed E-state index contributed by atoms with van der Waals surface area (Å²) < 4.78 is 2.23. The fourth-order valence-electron chi connectivity index (χ4n) is 4.00. The van der Waals surface area contributed by atoms with E-state index in [9.17, 15) is 5.11 Å². The highest BCUT2D eigenvalue weighted by Gasteiger charge is 2.41. The largest absolute Gasteiger partial charge is 0.387 e. The second-order valence-electron chi connectivity index (χ2n) is 6.03. The molecule has 1 N–H and O–H groups in total. The van der Waals surface area contributed by atoms with Gasteiger partial charge in [-0.2, -0.15) is 0 Å². The minimum Gasteiger partial charge on any atom is -0.387 e. The Balaban J connectivity index is 1.65. The second-order valence-corrected chi connectivity index (χ2v) is 6.92. The quantitative estimate of drug-likeness (QED) is 0.751. The SMILES string of the molecule is O[C@@H]1c2scnc2CC[C@@H]1C1c2ccccc2-c2cncn21. The van der Waals surface area contributed by atoms with Gasteiger partial charge >= 0.3 is 0 Å². The van der Waals surface area contributed by atoms with E-state index in [1.807, 2.05) is 18.0 Å². The first-order chi connectivity index (χ1) is 10.8. The molecular formula is C17H15N3OS. The minimum atomic E-state index is -0.442. The van der Waals surface area contributed by atoms with Crippen LogP contribution in [-0.4, -0.2) is 19.6 Å². The van der Waals surface area contributed by atoms with E-state index in [1.165, 1.54) is 11.1 Å². The molecule has 0 radical (unpaired) electrons. The third kappa shape index (κ3) is 1.55. The number of fused-ring (bicyclic) bond motifs is 4. The van der Waals surface area contributed by atoms with E-state index in [-0.39, 0.29) is 12.0 Å². The van der Waals surface area contributed by atoms with Gasteiger partial charge in [-0.25, -0.2) is 9.97 Å². The Kier molecular flexibility index (Phi) is 2.57. The van der Waals surface area contributed by atoms with Gasteiger partial charge in [0.05, 0.1) is 46.4 Å². The van der Waals surface area contributed by atoms with Crippen LogP contribution in [0.4, 0.5) is 0 Å². The molecule has 3 heterocycles. The van der Waals surface area contributed by atoms with Gasteiger partial charge in [-0.05, 0) is 18.4 Å². The molecule has 1 unspecified atom stereocenters.